The zero-order valence-corrected chi connectivity index (χ0v) is 12.7. The number of halogens is 6. The van der Waals surface area contributed by atoms with E-state index in [-0.39, 0.29) is 13.1 Å². The van der Waals surface area contributed by atoms with Gasteiger partial charge in [-0.05, 0) is 47.5 Å². The average molecular weight is 358 g/mol. The lowest BCUT2D eigenvalue weighted by molar-refractivity contribution is -0.138. The topological polar surface area (TPSA) is 6.48 Å². The zero-order chi connectivity index (χ0) is 18.0. The molecule has 0 saturated carbocycles. The van der Waals surface area contributed by atoms with E-state index in [4.69, 9.17) is 0 Å². The minimum absolute atomic E-state index is 0.230. The zero-order valence-electron chi connectivity index (χ0n) is 12.7. The minimum atomic E-state index is -4.42. The lowest BCUT2D eigenvalue weighted by Gasteiger charge is -2.45. The van der Waals surface area contributed by atoms with E-state index in [1.54, 1.807) is 9.80 Å². The summed E-state index contributed by atoms with van der Waals surface area (Å²) in [6.45, 7) is 0.902. The maximum absolute atomic E-state index is 12.9. The molecule has 2 bridgehead atoms. The van der Waals surface area contributed by atoms with Crippen molar-refractivity contribution in [2.45, 2.75) is 25.4 Å². The molecule has 2 aromatic rings. The molecule has 0 aromatic heterocycles. The number of hydrogen-bond acceptors (Lipinski definition) is 2. The SMILES string of the molecule is FC(F)(F)c1ccc2c(c1)CN1CN2Cc2cc(C(F)(F)F)ccc21. The lowest BCUT2D eigenvalue weighted by Crippen LogP contribution is -2.46. The van der Waals surface area contributed by atoms with Crippen LogP contribution in [0.1, 0.15) is 22.3 Å². The summed E-state index contributed by atoms with van der Waals surface area (Å²) < 4.78 is 77.5. The van der Waals surface area contributed by atoms with E-state index in [2.05, 4.69) is 0 Å². The van der Waals surface area contributed by atoms with Crippen LogP contribution in [0.3, 0.4) is 0 Å². The molecule has 8 heteroatoms. The first-order valence-electron chi connectivity index (χ1n) is 7.53. The second kappa shape index (κ2) is 5.06. The number of rotatable bonds is 0. The van der Waals surface area contributed by atoms with E-state index >= 15 is 0 Å². The van der Waals surface area contributed by atoms with Crippen molar-refractivity contribution in [1.82, 2.24) is 0 Å². The van der Waals surface area contributed by atoms with Crippen molar-refractivity contribution in [3.8, 4) is 0 Å². The van der Waals surface area contributed by atoms with E-state index < -0.39 is 23.5 Å². The predicted molar refractivity (Wildman–Crippen MR) is 80.1 cm³/mol. The lowest BCUT2D eigenvalue weighted by atomic mass is 9.98. The summed E-state index contributed by atoms with van der Waals surface area (Å²) in [5.41, 5.74) is 0.861. The minimum Gasteiger partial charge on any atom is -0.349 e. The van der Waals surface area contributed by atoms with Gasteiger partial charge in [-0.25, -0.2) is 0 Å². The van der Waals surface area contributed by atoms with Crippen molar-refractivity contribution in [1.29, 1.82) is 0 Å². The van der Waals surface area contributed by atoms with Gasteiger partial charge in [-0.2, -0.15) is 26.3 Å². The van der Waals surface area contributed by atoms with Crippen molar-refractivity contribution in [2.75, 3.05) is 16.5 Å². The van der Waals surface area contributed by atoms with E-state index in [0.717, 1.165) is 24.3 Å². The Bertz CT molecular complexity index is 771. The van der Waals surface area contributed by atoms with E-state index in [1.807, 2.05) is 0 Å². The molecule has 2 heterocycles. The van der Waals surface area contributed by atoms with Gasteiger partial charge in [-0.1, -0.05) is 0 Å². The highest BCUT2D eigenvalue weighted by Gasteiger charge is 2.36. The van der Waals surface area contributed by atoms with Gasteiger partial charge >= 0.3 is 12.4 Å². The van der Waals surface area contributed by atoms with Crippen molar-refractivity contribution >= 4 is 11.4 Å². The third kappa shape index (κ3) is 2.69. The fourth-order valence-electron chi connectivity index (χ4n) is 3.43. The normalized spacial score (nSPS) is 16.6. The summed E-state index contributed by atoms with van der Waals surface area (Å²) in [6, 6.07) is 7.04. The molecule has 132 valence electrons. The molecule has 0 radical (unpaired) electrons. The molecule has 0 fully saturated rings. The Hall–Kier alpha value is -2.38. The molecule has 0 saturated heterocycles. The average Bonchev–Trinajstić information content (AvgIpc) is 2.52. The van der Waals surface area contributed by atoms with Gasteiger partial charge in [0.25, 0.3) is 0 Å². The second-order valence-electron chi connectivity index (χ2n) is 6.22. The molecule has 0 aliphatic carbocycles. The van der Waals surface area contributed by atoms with Crippen LogP contribution in [-0.2, 0) is 25.4 Å². The van der Waals surface area contributed by atoms with Crippen LogP contribution in [0, 0.1) is 0 Å². The Morgan fingerprint density at radius 3 is 1.40 bits per heavy atom. The Balaban J connectivity index is 1.74. The van der Waals surface area contributed by atoms with Gasteiger partial charge in [0.1, 0.15) is 0 Å². The molecule has 2 aliphatic heterocycles. The van der Waals surface area contributed by atoms with E-state index in [0.29, 0.717) is 29.2 Å². The first kappa shape index (κ1) is 16.1. The third-order valence-corrected chi connectivity index (χ3v) is 4.56. The van der Waals surface area contributed by atoms with Crippen LogP contribution >= 0.6 is 0 Å². The molecule has 0 spiro atoms. The Labute approximate surface area is 139 Å². The van der Waals surface area contributed by atoms with Crippen LogP contribution in [0.25, 0.3) is 0 Å². The highest BCUT2D eigenvalue weighted by Crippen LogP contribution is 2.42. The van der Waals surface area contributed by atoms with E-state index in [1.165, 1.54) is 12.1 Å². The van der Waals surface area contributed by atoms with Crippen molar-refractivity contribution in [3.63, 3.8) is 0 Å². The van der Waals surface area contributed by atoms with Crippen LogP contribution in [0.2, 0.25) is 0 Å². The van der Waals surface area contributed by atoms with Crippen LogP contribution in [-0.4, -0.2) is 6.67 Å². The summed E-state index contributed by atoms with van der Waals surface area (Å²) in [5, 5.41) is 0. The fourth-order valence-corrected chi connectivity index (χ4v) is 3.43. The molecule has 2 nitrogen and oxygen atoms in total. The number of hydrogen-bond donors (Lipinski definition) is 0. The highest BCUT2D eigenvalue weighted by molar-refractivity contribution is 5.68. The summed E-state index contributed by atoms with van der Waals surface area (Å²) in [6.07, 6.45) is -8.85. The van der Waals surface area contributed by atoms with Crippen LogP contribution in [0.15, 0.2) is 36.4 Å². The van der Waals surface area contributed by atoms with Crippen molar-refractivity contribution in [3.05, 3.63) is 58.7 Å². The molecule has 2 aliphatic rings. The molecule has 4 rings (SSSR count). The van der Waals surface area contributed by atoms with Gasteiger partial charge in [0.05, 0.1) is 17.8 Å². The molecule has 0 atom stereocenters. The molecule has 0 N–H and O–H groups in total. The summed E-state index contributed by atoms with van der Waals surface area (Å²) in [5.74, 6) is 0. The number of anilines is 2. The summed E-state index contributed by atoms with van der Waals surface area (Å²) >= 11 is 0. The van der Waals surface area contributed by atoms with Gasteiger partial charge in [-0.15, -0.1) is 0 Å². The van der Waals surface area contributed by atoms with Crippen LogP contribution in [0.5, 0.6) is 0 Å². The Kier molecular flexibility index (Phi) is 3.26. The van der Waals surface area contributed by atoms with Gasteiger partial charge in [0.15, 0.2) is 0 Å². The standard InChI is InChI=1S/C17H12F6N2/c18-16(19,20)12-1-3-14-10(5-12)7-25-9-24(14)8-11-6-13(17(21,22)23)2-4-15(11)25/h1-6H,7-9H2. The number of alkyl halides is 6. The smallest absolute Gasteiger partial charge is 0.349 e. The molecular formula is C17H12F6N2. The second-order valence-corrected chi connectivity index (χ2v) is 6.22. The quantitative estimate of drug-likeness (QED) is 0.610. The molecule has 0 unspecified atom stereocenters. The molecule has 0 amide bonds. The van der Waals surface area contributed by atoms with Crippen LogP contribution in [0.4, 0.5) is 37.7 Å². The third-order valence-electron chi connectivity index (χ3n) is 4.56. The monoisotopic (exact) mass is 358 g/mol. The van der Waals surface area contributed by atoms with Crippen molar-refractivity contribution < 1.29 is 26.3 Å². The number of fused-ring (bicyclic) bond motifs is 6. The van der Waals surface area contributed by atoms with Gasteiger partial charge in [-0.3, -0.25) is 0 Å². The predicted octanol–water partition coefficient (Wildman–Crippen LogP) is 5.02. The maximum atomic E-state index is 12.9. The van der Waals surface area contributed by atoms with Crippen LogP contribution < -0.4 is 9.80 Å². The maximum Gasteiger partial charge on any atom is 0.416 e. The van der Waals surface area contributed by atoms with Crippen molar-refractivity contribution in [2.24, 2.45) is 0 Å². The summed E-state index contributed by atoms with van der Waals surface area (Å²) in [7, 11) is 0. The van der Waals surface area contributed by atoms with Gasteiger partial charge < -0.3 is 9.80 Å². The number of nitrogens with zero attached hydrogens (tertiary/aromatic N) is 2. The molecular weight excluding hydrogens is 346 g/mol. The largest absolute Gasteiger partial charge is 0.416 e. The molecule has 2 aromatic carbocycles. The highest BCUT2D eigenvalue weighted by atomic mass is 19.4. The Morgan fingerprint density at radius 1 is 0.640 bits per heavy atom. The fraction of sp³-hybridized carbons (Fsp3) is 0.294. The first-order chi connectivity index (χ1) is 11.6. The summed E-state index contributed by atoms with van der Waals surface area (Å²) in [4.78, 5) is 3.59. The number of benzene rings is 2. The van der Waals surface area contributed by atoms with E-state index in [9.17, 15) is 26.3 Å². The molecule has 25 heavy (non-hydrogen) atoms. The first-order valence-corrected chi connectivity index (χ1v) is 7.53. The Morgan fingerprint density at radius 2 is 1.04 bits per heavy atom. The van der Waals surface area contributed by atoms with Gasteiger partial charge in [0.2, 0.25) is 0 Å². The van der Waals surface area contributed by atoms with Gasteiger partial charge in [0, 0.05) is 24.5 Å².